The summed E-state index contributed by atoms with van der Waals surface area (Å²) < 4.78 is 19.7. The number of hydrogen-bond acceptors (Lipinski definition) is 4. The first-order chi connectivity index (χ1) is 8.63. The van der Waals surface area contributed by atoms with Gasteiger partial charge in [0.2, 0.25) is 0 Å². The molecule has 1 unspecified atom stereocenters. The van der Waals surface area contributed by atoms with E-state index >= 15 is 0 Å². The quantitative estimate of drug-likeness (QED) is 0.901. The molecule has 1 aromatic carbocycles. The first-order valence-electron chi connectivity index (χ1n) is 5.59. The van der Waals surface area contributed by atoms with E-state index in [4.69, 9.17) is 4.74 Å². The molecule has 1 atom stereocenters. The van der Waals surface area contributed by atoms with E-state index in [1.165, 1.54) is 23.9 Å². The zero-order valence-electron chi connectivity index (χ0n) is 10.2. The van der Waals surface area contributed by atoms with E-state index in [0.717, 1.165) is 0 Å². The highest BCUT2D eigenvalue weighted by Gasteiger charge is 2.11. The molecule has 0 radical (unpaired) electrons. The van der Waals surface area contributed by atoms with Crippen LogP contribution in [0.5, 0.6) is 5.75 Å². The van der Waals surface area contributed by atoms with Gasteiger partial charge in [-0.3, -0.25) is 0 Å². The number of ether oxygens (including phenoxy) is 1. The molecule has 2 rings (SSSR count). The molecule has 6 heteroatoms. The van der Waals surface area contributed by atoms with Crippen molar-refractivity contribution in [1.82, 2.24) is 15.0 Å². The molecular weight excluding hydrogens is 237 g/mol. The van der Waals surface area contributed by atoms with E-state index in [0.29, 0.717) is 23.6 Å². The fourth-order valence-corrected chi connectivity index (χ4v) is 1.56. The van der Waals surface area contributed by atoms with Gasteiger partial charge in [0.05, 0.1) is 25.1 Å². The summed E-state index contributed by atoms with van der Waals surface area (Å²) >= 11 is 0. The zero-order valence-corrected chi connectivity index (χ0v) is 10.2. The van der Waals surface area contributed by atoms with Gasteiger partial charge >= 0.3 is 0 Å². The molecule has 18 heavy (non-hydrogen) atoms. The van der Waals surface area contributed by atoms with Crippen LogP contribution in [0.25, 0.3) is 5.69 Å². The predicted octanol–water partition coefficient (Wildman–Crippen LogP) is 1.86. The van der Waals surface area contributed by atoms with E-state index in [2.05, 4.69) is 10.3 Å². The Morgan fingerprint density at radius 1 is 1.44 bits per heavy atom. The molecule has 0 aliphatic carbocycles. The van der Waals surface area contributed by atoms with Crippen LogP contribution in [0.15, 0.2) is 24.4 Å². The second-order valence-electron chi connectivity index (χ2n) is 3.86. The highest BCUT2D eigenvalue weighted by atomic mass is 19.1. The van der Waals surface area contributed by atoms with Crippen LogP contribution >= 0.6 is 0 Å². The predicted molar refractivity (Wildman–Crippen MR) is 63.1 cm³/mol. The number of hydrogen-bond donors (Lipinski definition) is 1. The standard InChI is InChI=1S/C12H14FN3O2/c1-3-12(17)11-7-16(15-14-11)9-4-8(13)5-10(6-9)18-2/h4-7,12,17H,3H2,1-2H3. The summed E-state index contributed by atoms with van der Waals surface area (Å²) in [6.45, 7) is 1.84. The van der Waals surface area contributed by atoms with Crippen molar-refractivity contribution in [2.75, 3.05) is 7.11 Å². The first-order valence-corrected chi connectivity index (χ1v) is 5.59. The zero-order chi connectivity index (χ0) is 13.1. The van der Waals surface area contributed by atoms with Gasteiger partial charge in [-0.2, -0.15) is 0 Å². The minimum atomic E-state index is -0.658. The van der Waals surface area contributed by atoms with Crippen molar-refractivity contribution in [2.45, 2.75) is 19.4 Å². The van der Waals surface area contributed by atoms with E-state index in [1.807, 2.05) is 6.92 Å². The Bertz CT molecular complexity index is 542. The summed E-state index contributed by atoms with van der Waals surface area (Å²) in [6, 6.07) is 4.24. The van der Waals surface area contributed by atoms with Crippen LogP contribution in [0.2, 0.25) is 0 Å². The largest absolute Gasteiger partial charge is 0.497 e. The van der Waals surface area contributed by atoms with Crippen molar-refractivity contribution in [2.24, 2.45) is 0 Å². The molecule has 0 saturated carbocycles. The first kappa shape index (κ1) is 12.5. The summed E-state index contributed by atoms with van der Waals surface area (Å²) in [5, 5.41) is 17.3. The van der Waals surface area contributed by atoms with Gasteiger partial charge in [-0.25, -0.2) is 9.07 Å². The second kappa shape index (κ2) is 5.14. The molecule has 0 aliphatic heterocycles. The van der Waals surface area contributed by atoms with Gasteiger partial charge in [-0.05, 0) is 12.5 Å². The molecular formula is C12H14FN3O2. The van der Waals surface area contributed by atoms with Crippen LogP contribution in [0.1, 0.15) is 25.1 Å². The van der Waals surface area contributed by atoms with Gasteiger partial charge in [0.25, 0.3) is 0 Å². The topological polar surface area (TPSA) is 60.2 Å². The van der Waals surface area contributed by atoms with Crippen LogP contribution < -0.4 is 4.74 Å². The number of aromatic nitrogens is 3. The molecule has 96 valence electrons. The van der Waals surface area contributed by atoms with Gasteiger partial charge in [0, 0.05) is 12.1 Å². The average molecular weight is 251 g/mol. The van der Waals surface area contributed by atoms with Gasteiger partial charge in [0.1, 0.15) is 17.3 Å². The molecule has 1 N–H and O–H groups in total. The average Bonchev–Trinajstić information content (AvgIpc) is 2.86. The van der Waals surface area contributed by atoms with Gasteiger partial charge in [-0.15, -0.1) is 5.10 Å². The third kappa shape index (κ3) is 2.48. The maximum Gasteiger partial charge on any atom is 0.129 e. The van der Waals surface area contributed by atoms with E-state index in [1.54, 1.807) is 12.3 Å². The van der Waals surface area contributed by atoms with E-state index in [-0.39, 0.29) is 0 Å². The van der Waals surface area contributed by atoms with Gasteiger partial charge in [-0.1, -0.05) is 12.1 Å². The third-order valence-electron chi connectivity index (χ3n) is 2.60. The van der Waals surface area contributed by atoms with Crippen LogP contribution in [-0.4, -0.2) is 27.2 Å². The number of aliphatic hydroxyl groups is 1. The number of methoxy groups -OCH3 is 1. The summed E-state index contributed by atoms with van der Waals surface area (Å²) in [7, 11) is 1.46. The molecule has 5 nitrogen and oxygen atoms in total. The molecule has 0 aliphatic rings. The van der Waals surface area contributed by atoms with Gasteiger partial charge < -0.3 is 9.84 Å². The number of benzene rings is 1. The number of halogens is 1. The highest BCUT2D eigenvalue weighted by Crippen LogP contribution is 2.20. The lowest BCUT2D eigenvalue weighted by atomic mass is 10.2. The third-order valence-corrected chi connectivity index (χ3v) is 2.60. The second-order valence-corrected chi connectivity index (χ2v) is 3.86. The maximum absolute atomic E-state index is 13.3. The van der Waals surface area contributed by atoms with E-state index in [9.17, 15) is 9.50 Å². The monoisotopic (exact) mass is 251 g/mol. The molecule has 1 heterocycles. The number of nitrogens with zero attached hydrogens (tertiary/aromatic N) is 3. The van der Waals surface area contributed by atoms with Crippen molar-refractivity contribution in [3.8, 4) is 11.4 Å². The highest BCUT2D eigenvalue weighted by molar-refractivity contribution is 5.39. The Morgan fingerprint density at radius 3 is 2.89 bits per heavy atom. The minimum absolute atomic E-state index is 0.401. The number of rotatable bonds is 4. The summed E-state index contributed by atoms with van der Waals surface area (Å²) in [6.07, 6.45) is 1.46. The Hall–Kier alpha value is -1.95. The Labute approximate surface area is 104 Å². The van der Waals surface area contributed by atoms with Crippen molar-refractivity contribution in [3.05, 3.63) is 35.9 Å². The minimum Gasteiger partial charge on any atom is -0.497 e. The molecule has 0 fully saturated rings. The van der Waals surface area contributed by atoms with Crippen molar-refractivity contribution < 1.29 is 14.2 Å². The number of aliphatic hydroxyl groups excluding tert-OH is 1. The maximum atomic E-state index is 13.3. The summed E-state index contributed by atoms with van der Waals surface area (Å²) in [4.78, 5) is 0. The normalized spacial score (nSPS) is 12.4. The fraction of sp³-hybridized carbons (Fsp3) is 0.333. The van der Waals surface area contributed by atoms with Crippen molar-refractivity contribution in [3.63, 3.8) is 0 Å². The molecule has 0 saturated heterocycles. The van der Waals surface area contributed by atoms with Crippen molar-refractivity contribution in [1.29, 1.82) is 0 Å². The lowest BCUT2D eigenvalue weighted by Gasteiger charge is -2.04. The lowest BCUT2D eigenvalue weighted by Crippen LogP contribution is -1.97. The SMILES string of the molecule is CCC(O)c1cn(-c2cc(F)cc(OC)c2)nn1. The van der Waals surface area contributed by atoms with Crippen LogP contribution in [0, 0.1) is 5.82 Å². The smallest absolute Gasteiger partial charge is 0.129 e. The summed E-state index contributed by atoms with van der Waals surface area (Å²) in [5.74, 6) is -0.0180. The molecule has 2 aromatic rings. The molecule has 0 bridgehead atoms. The molecule has 0 amide bonds. The Kier molecular flexibility index (Phi) is 3.57. The van der Waals surface area contributed by atoms with Crippen molar-refractivity contribution >= 4 is 0 Å². The summed E-state index contributed by atoms with van der Waals surface area (Å²) in [5.41, 5.74) is 0.953. The molecule has 1 aromatic heterocycles. The van der Waals surface area contributed by atoms with Gasteiger partial charge in [0.15, 0.2) is 0 Å². The molecule has 0 spiro atoms. The van der Waals surface area contributed by atoms with Crippen LogP contribution in [0.4, 0.5) is 4.39 Å². The van der Waals surface area contributed by atoms with E-state index < -0.39 is 11.9 Å². The fourth-order valence-electron chi connectivity index (χ4n) is 1.56. The Morgan fingerprint density at radius 2 is 2.22 bits per heavy atom. The Balaban J connectivity index is 2.36. The van der Waals surface area contributed by atoms with Crippen LogP contribution in [-0.2, 0) is 0 Å². The lowest BCUT2D eigenvalue weighted by molar-refractivity contribution is 0.169. The van der Waals surface area contributed by atoms with Crippen LogP contribution in [0.3, 0.4) is 0 Å².